The van der Waals surface area contributed by atoms with Crippen LogP contribution in [0.5, 0.6) is 0 Å². The highest BCUT2D eigenvalue weighted by molar-refractivity contribution is 5.17. The molecule has 0 aliphatic heterocycles. The molecule has 1 heterocycles. The summed E-state index contributed by atoms with van der Waals surface area (Å²) in [5.74, 6) is 0.753. The van der Waals surface area contributed by atoms with Crippen molar-refractivity contribution in [3.05, 3.63) is 17.5 Å². The van der Waals surface area contributed by atoms with Crippen LogP contribution in [-0.4, -0.2) is 29.3 Å². The summed E-state index contributed by atoms with van der Waals surface area (Å²) in [7, 11) is 0. The van der Waals surface area contributed by atoms with Crippen molar-refractivity contribution in [2.45, 2.75) is 50.6 Å². The van der Waals surface area contributed by atoms with Gasteiger partial charge in [-0.05, 0) is 51.3 Å². The Morgan fingerprint density at radius 2 is 2.12 bits per heavy atom. The highest BCUT2D eigenvalue weighted by Crippen LogP contribution is 2.38. The lowest BCUT2D eigenvalue weighted by atomic mass is 10.2. The van der Waals surface area contributed by atoms with Crippen LogP contribution in [0.25, 0.3) is 0 Å². The van der Waals surface area contributed by atoms with Crippen molar-refractivity contribution in [3.63, 3.8) is 0 Å². The molecule has 0 amide bonds. The minimum absolute atomic E-state index is 0.753. The number of rotatable bonds is 8. The highest BCUT2D eigenvalue weighted by atomic mass is 15.1. The first kappa shape index (κ1) is 11.2. The average molecular weight is 234 g/mol. The van der Waals surface area contributed by atoms with E-state index in [1.165, 1.54) is 43.5 Å². The molecule has 0 unspecified atom stereocenters. The molecule has 4 heteroatoms. The molecule has 4 nitrogen and oxygen atoms in total. The zero-order chi connectivity index (χ0) is 11.5. The number of aromatic amines is 1. The van der Waals surface area contributed by atoms with Crippen LogP contribution in [0.3, 0.4) is 0 Å². The molecule has 1 aromatic heterocycles. The number of hydrogen-bond donors (Lipinski definition) is 3. The lowest BCUT2D eigenvalue weighted by molar-refractivity contribution is 0.589. The van der Waals surface area contributed by atoms with Crippen LogP contribution < -0.4 is 10.6 Å². The molecule has 3 rings (SSSR count). The second kappa shape index (κ2) is 5.19. The summed E-state index contributed by atoms with van der Waals surface area (Å²) in [6.07, 6.45) is 6.62. The molecular weight excluding hydrogens is 212 g/mol. The summed E-state index contributed by atoms with van der Waals surface area (Å²) < 4.78 is 0. The maximum Gasteiger partial charge on any atom is 0.0656 e. The summed E-state index contributed by atoms with van der Waals surface area (Å²) in [5.41, 5.74) is 2.49. The third-order valence-electron chi connectivity index (χ3n) is 3.50. The Kier molecular flexibility index (Phi) is 3.43. The number of nitrogens with one attached hydrogen (secondary N) is 3. The van der Waals surface area contributed by atoms with E-state index in [0.29, 0.717) is 0 Å². The molecule has 94 valence electrons. The molecule has 0 spiro atoms. The average Bonchev–Trinajstić information content (AvgIpc) is 3.24. The van der Waals surface area contributed by atoms with Gasteiger partial charge in [0.2, 0.25) is 0 Å². The third kappa shape index (κ3) is 3.54. The van der Waals surface area contributed by atoms with Crippen LogP contribution in [0.4, 0.5) is 0 Å². The number of aromatic nitrogens is 2. The van der Waals surface area contributed by atoms with Crippen LogP contribution >= 0.6 is 0 Å². The van der Waals surface area contributed by atoms with Gasteiger partial charge >= 0.3 is 0 Å². The number of H-pyrrole nitrogens is 1. The van der Waals surface area contributed by atoms with Gasteiger partial charge in [0.1, 0.15) is 0 Å². The second-order valence-electron chi connectivity index (χ2n) is 5.35. The van der Waals surface area contributed by atoms with Crippen LogP contribution in [-0.2, 0) is 6.54 Å². The fraction of sp³-hybridized carbons (Fsp3) is 0.769. The summed E-state index contributed by atoms with van der Waals surface area (Å²) in [6, 6.07) is 3.05. The van der Waals surface area contributed by atoms with E-state index in [-0.39, 0.29) is 0 Å². The predicted octanol–water partition coefficient (Wildman–Crippen LogP) is 1.52. The van der Waals surface area contributed by atoms with Crippen LogP contribution in [0.15, 0.2) is 6.07 Å². The quantitative estimate of drug-likeness (QED) is 0.598. The van der Waals surface area contributed by atoms with E-state index in [9.17, 15) is 0 Å². The third-order valence-corrected chi connectivity index (χ3v) is 3.50. The molecule has 2 aliphatic carbocycles. The second-order valence-corrected chi connectivity index (χ2v) is 5.35. The summed E-state index contributed by atoms with van der Waals surface area (Å²) in [6.45, 7) is 3.15. The van der Waals surface area contributed by atoms with Gasteiger partial charge in [0, 0.05) is 24.2 Å². The molecule has 1 aromatic rings. The van der Waals surface area contributed by atoms with Crippen molar-refractivity contribution in [2.75, 3.05) is 13.1 Å². The van der Waals surface area contributed by atoms with Gasteiger partial charge in [0.05, 0.1) is 5.69 Å². The fourth-order valence-corrected chi connectivity index (χ4v) is 2.09. The summed E-state index contributed by atoms with van der Waals surface area (Å²) in [5, 5.41) is 14.4. The SMILES string of the molecule is c1c(C2CC2)n[nH]c1CNCCCNC1CC1. The lowest BCUT2D eigenvalue weighted by Gasteiger charge is -2.03. The van der Waals surface area contributed by atoms with Crippen molar-refractivity contribution in [1.29, 1.82) is 0 Å². The van der Waals surface area contributed by atoms with Crippen molar-refractivity contribution >= 4 is 0 Å². The predicted molar refractivity (Wildman–Crippen MR) is 67.9 cm³/mol. The van der Waals surface area contributed by atoms with E-state index in [2.05, 4.69) is 26.9 Å². The highest BCUT2D eigenvalue weighted by Gasteiger charge is 2.25. The molecule has 0 atom stereocenters. The maximum absolute atomic E-state index is 4.35. The number of nitrogens with zero attached hydrogens (tertiary/aromatic N) is 1. The monoisotopic (exact) mass is 234 g/mol. The van der Waals surface area contributed by atoms with Crippen LogP contribution in [0.1, 0.15) is 49.4 Å². The van der Waals surface area contributed by atoms with E-state index in [4.69, 9.17) is 0 Å². The molecule has 17 heavy (non-hydrogen) atoms. The van der Waals surface area contributed by atoms with Gasteiger partial charge < -0.3 is 10.6 Å². The van der Waals surface area contributed by atoms with Crippen molar-refractivity contribution in [3.8, 4) is 0 Å². The fourth-order valence-electron chi connectivity index (χ4n) is 2.09. The molecule has 0 saturated heterocycles. The van der Waals surface area contributed by atoms with E-state index in [1.54, 1.807) is 0 Å². The van der Waals surface area contributed by atoms with E-state index in [0.717, 1.165) is 31.6 Å². The summed E-state index contributed by atoms with van der Waals surface area (Å²) in [4.78, 5) is 0. The Balaban J connectivity index is 1.27. The normalized spacial score (nSPS) is 19.8. The van der Waals surface area contributed by atoms with Crippen molar-refractivity contribution < 1.29 is 0 Å². The van der Waals surface area contributed by atoms with Gasteiger partial charge in [-0.25, -0.2) is 0 Å². The minimum atomic E-state index is 0.753. The Morgan fingerprint density at radius 1 is 1.24 bits per heavy atom. The van der Waals surface area contributed by atoms with E-state index >= 15 is 0 Å². The first-order valence-corrected chi connectivity index (χ1v) is 6.90. The Hall–Kier alpha value is -0.870. The summed E-state index contributed by atoms with van der Waals surface area (Å²) >= 11 is 0. The molecule has 2 fully saturated rings. The van der Waals surface area contributed by atoms with Crippen LogP contribution in [0, 0.1) is 0 Å². The van der Waals surface area contributed by atoms with Crippen molar-refractivity contribution in [1.82, 2.24) is 20.8 Å². The molecule has 2 saturated carbocycles. The minimum Gasteiger partial charge on any atom is -0.314 e. The standard InChI is InChI=1S/C13H22N4/c1(7-15-11-4-5-11)6-14-9-12-8-13(17-16-12)10-2-3-10/h8,10-11,14-15H,1-7,9H2,(H,16,17). The van der Waals surface area contributed by atoms with Crippen molar-refractivity contribution in [2.24, 2.45) is 0 Å². The molecular formula is C13H22N4. The zero-order valence-electron chi connectivity index (χ0n) is 10.3. The number of hydrogen-bond acceptors (Lipinski definition) is 3. The zero-order valence-corrected chi connectivity index (χ0v) is 10.3. The van der Waals surface area contributed by atoms with Crippen LogP contribution in [0.2, 0.25) is 0 Å². The van der Waals surface area contributed by atoms with Gasteiger partial charge in [-0.15, -0.1) is 0 Å². The Bertz CT molecular complexity index is 352. The van der Waals surface area contributed by atoms with Gasteiger partial charge in [-0.3, -0.25) is 5.10 Å². The Morgan fingerprint density at radius 3 is 2.88 bits per heavy atom. The Labute approximate surface area is 103 Å². The van der Waals surface area contributed by atoms with E-state index < -0.39 is 0 Å². The molecule has 0 aromatic carbocycles. The van der Waals surface area contributed by atoms with Gasteiger partial charge in [-0.1, -0.05) is 0 Å². The molecule has 0 bridgehead atoms. The smallest absolute Gasteiger partial charge is 0.0656 e. The topological polar surface area (TPSA) is 52.7 Å². The first-order valence-electron chi connectivity index (χ1n) is 6.90. The first-order chi connectivity index (χ1) is 8.42. The lowest BCUT2D eigenvalue weighted by Crippen LogP contribution is -2.23. The molecule has 3 N–H and O–H groups in total. The maximum atomic E-state index is 4.35. The van der Waals surface area contributed by atoms with Gasteiger partial charge in [0.25, 0.3) is 0 Å². The molecule has 0 radical (unpaired) electrons. The van der Waals surface area contributed by atoms with E-state index in [1.807, 2.05) is 0 Å². The van der Waals surface area contributed by atoms with Gasteiger partial charge in [-0.2, -0.15) is 5.10 Å². The van der Waals surface area contributed by atoms with Gasteiger partial charge in [0.15, 0.2) is 0 Å². The molecule has 2 aliphatic rings. The largest absolute Gasteiger partial charge is 0.314 e.